The molecule has 4 rings (SSSR count). The second kappa shape index (κ2) is 8.49. The van der Waals surface area contributed by atoms with Crippen LogP contribution in [-0.2, 0) is 0 Å². The van der Waals surface area contributed by atoms with Crippen molar-refractivity contribution in [2.45, 2.75) is 0 Å². The molecule has 1 fully saturated rings. The van der Waals surface area contributed by atoms with E-state index in [0.717, 1.165) is 5.82 Å². The molecular formula is C22H21ClFN4O+. The van der Waals surface area contributed by atoms with Gasteiger partial charge in [-0.2, -0.15) is 0 Å². The minimum Gasteiger partial charge on any atom is -0.361 e. The van der Waals surface area contributed by atoms with Crippen molar-refractivity contribution in [1.82, 2.24) is 0 Å². The number of benzene rings is 2. The first kappa shape index (κ1) is 19.2. The molecule has 7 heteroatoms. The largest absolute Gasteiger partial charge is 0.361 e. The fourth-order valence-corrected chi connectivity index (χ4v) is 3.61. The van der Waals surface area contributed by atoms with Crippen LogP contribution in [0.3, 0.4) is 0 Å². The molecular weight excluding hydrogens is 391 g/mol. The van der Waals surface area contributed by atoms with E-state index in [1.54, 1.807) is 54.7 Å². The monoisotopic (exact) mass is 411 g/mol. The number of halogens is 2. The van der Waals surface area contributed by atoms with Crippen LogP contribution < -0.4 is 20.1 Å². The third-order valence-corrected chi connectivity index (χ3v) is 5.22. The number of para-hydroxylation sites is 1. The van der Waals surface area contributed by atoms with Gasteiger partial charge in [-0.25, -0.2) is 9.37 Å². The number of hydrogen-bond acceptors (Lipinski definition) is 3. The van der Waals surface area contributed by atoms with Gasteiger partial charge < -0.3 is 10.2 Å². The minimum absolute atomic E-state index is 0.198. The highest BCUT2D eigenvalue weighted by atomic mass is 35.5. The highest BCUT2D eigenvalue weighted by Gasteiger charge is 2.29. The van der Waals surface area contributed by atoms with Gasteiger partial charge in [-0.05, 0) is 48.5 Å². The Bertz CT molecular complexity index is 1000. The van der Waals surface area contributed by atoms with E-state index >= 15 is 0 Å². The van der Waals surface area contributed by atoms with Crippen molar-refractivity contribution >= 4 is 34.7 Å². The fraction of sp³-hybridized carbons (Fsp3) is 0.182. The van der Waals surface area contributed by atoms with Gasteiger partial charge in [0, 0.05) is 10.7 Å². The standard InChI is InChI=1S/C22H20ClFN4O/c23-16-7-9-17(10-8-16)26-22(29)18-4-3-11-25-21(18)28-14-12-27(13-15-28)20-6-2-1-5-19(20)24/h1-11H,12-15H2,(H,26,29)/p+1. The van der Waals surface area contributed by atoms with E-state index in [0.29, 0.717) is 48.1 Å². The molecule has 5 nitrogen and oxygen atoms in total. The third-order valence-electron chi connectivity index (χ3n) is 4.97. The number of pyridine rings is 1. The molecule has 0 unspecified atom stereocenters. The van der Waals surface area contributed by atoms with E-state index in [1.807, 2.05) is 11.0 Å². The van der Waals surface area contributed by atoms with Gasteiger partial charge in [0.05, 0.1) is 25.0 Å². The Labute approximate surface area is 173 Å². The average Bonchev–Trinajstić information content (AvgIpc) is 2.76. The summed E-state index contributed by atoms with van der Waals surface area (Å²) >= 11 is 5.91. The number of aromatic amines is 1. The molecule has 1 aliphatic rings. The smallest absolute Gasteiger partial charge is 0.287 e. The lowest BCUT2D eigenvalue weighted by Gasteiger charge is -2.33. The molecule has 1 amide bonds. The molecule has 0 aliphatic carbocycles. The van der Waals surface area contributed by atoms with Crippen LogP contribution in [0, 0.1) is 5.82 Å². The van der Waals surface area contributed by atoms with E-state index < -0.39 is 0 Å². The molecule has 1 saturated heterocycles. The number of anilines is 3. The SMILES string of the molecule is O=C(Nc1ccc(Cl)cc1)c1ccc[nH+]c1N1CCN(c2ccccc2F)CC1. The molecule has 0 bridgehead atoms. The number of H-pyrrole nitrogens is 1. The van der Waals surface area contributed by atoms with Gasteiger partial charge in [-0.15, -0.1) is 0 Å². The van der Waals surface area contributed by atoms with Crippen molar-refractivity contribution in [2.75, 3.05) is 41.3 Å². The highest BCUT2D eigenvalue weighted by Crippen LogP contribution is 2.23. The van der Waals surface area contributed by atoms with Crippen LogP contribution in [0.4, 0.5) is 21.6 Å². The maximum atomic E-state index is 14.1. The number of rotatable bonds is 4. The fourth-order valence-electron chi connectivity index (χ4n) is 3.48. The lowest BCUT2D eigenvalue weighted by Crippen LogP contribution is -2.49. The van der Waals surface area contributed by atoms with Gasteiger partial charge in [-0.1, -0.05) is 23.7 Å². The Hall–Kier alpha value is -3.12. The summed E-state index contributed by atoms with van der Waals surface area (Å²) in [5.41, 5.74) is 1.85. The first-order chi connectivity index (χ1) is 14.1. The average molecular weight is 412 g/mol. The van der Waals surface area contributed by atoms with Crippen LogP contribution >= 0.6 is 11.6 Å². The Balaban J connectivity index is 1.48. The van der Waals surface area contributed by atoms with Crippen molar-refractivity contribution in [3.05, 3.63) is 83.3 Å². The number of amides is 1. The molecule has 3 aromatic rings. The maximum absolute atomic E-state index is 14.1. The number of piperazine rings is 1. The predicted octanol–water partition coefficient (Wildman–Crippen LogP) is 3.87. The second-order valence-corrected chi connectivity index (χ2v) is 7.26. The molecule has 0 spiro atoms. The molecule has 1 aliphatic heterocycles. The summed E-state index contributed by atoms with van der Waals surface area (Å²) in [5, 5.41) is 3.52. The van der Waals surface area contributed by atoms with Crippen molar-refractivity contribution in [2.24, 2.45) is 0 Å². The zero-order valence-corrected chi connectivity index (χ0v) is 16.5. The van der Waals surface area contributed by atoms with E-state index in [-0.39, 0.29) is 11.7 Å². The lowest BCUT2D eigenvalue weighted by atomic mass is 10.2. The van der Waals surface area contributed by atoms with Gasteiger partial charge in [0.1, 0.15) is 24.5 Å². The van der Waals surface area contributed by atoms with Crippen LogP contribution in [0.2, 0.25) is 5.02 Å². The second-order valence-electron chi connectivity index (χ2n) is 6.82. The summed E-state index contributed by atoms with van der Waals surface area (Å²) < 4.78 is 14.1. The summed E-state index contributed by atoms with van der Waals surface area (Å²) in [4.78, 5) is 20.2. The van der Waals surface area contributed by atoms with Crippen LogP contribution in [0.5, 0.6) is 0 Å². The van der Waals surface area contributed by atoms with Gasteiger partial charge in [0.15, 0.2) is 0 Å². The van der Waals surface area contributed by atoms with Gasteiger partial charge in [0.2, 0.25) is 0 Å². The topological polar surface area (TPSA) is 49.7 Å². The van der Waals surface area contributed by atoms with Gasteiger partial charge in [0.25, 0.3) is 11.7 Å². The summed E-state index contributed by atoms with van der Waals surface area (Å²) in [5.74, 6) is 0.345. The summed E-state index contributed by atoms with van der Waals surface area (Å²) in [6, 6.07) is 17.4. The highest BCUT2D eigenvalue weighted by molar-refractivity contribution is 6.30. The molecule has 1 aromatic heterocycles. The zero-order valence-electron chi connectivity index (χ0n) is 15.7. The third kappa shape index (κ3) is 4.32. The Morgan fingerprint density at radius 2 is 1.62 bits per heavy atom. The minimum atomic E-state index is -0.213. The molecule has 2 aromatic carbocycles. The Morgan fingerprint density at radius 1 is 0.931 bits per heavy atom. The summed E-state index contributed by atoms with van der Waals surface area (Å²) in [7, 11) is 0. The van der Waals surface area contributed by atoms with E-state index in [1.165, 1.54) is 6.07 Å². The zero-order chi connectivity index (χ0) is 20.2. The van der Waals surface area contributed by atoms with Crippen LogP contribution in [0.25, 0.3) is 0 Å². The van der Waals surface area contributed by atoms with Crippen LogP contribution in [0.15, 0.2) is 66.9 Å². The summed E-state index contributed by atoms with van der Waals surface area (Å²) in [6.07, 6.45) is 1.80. The normalized spacial score (nSPS) is 14.0. The quantitative estimate of drug-likeness (QED) is 0.709. The maximum Gasteiger partial charge on any atom is 0.287 e. The Kier molecular flexibility index (Phi) is 5.62. The molecule has 29 heavy (non-hydrogen) atoms. The number of nitrogens with one attached hydrogen (secondary N) is 2. The number of nitrogens with zero attached hydrogens (tertiary/aromatic N) is 2. The number of carbonyl (C=O) groups is 1. The molecule has 0 radical (unpaired) electrons. The van der Waals surface area contributed by atoms with Crippen molar-refractivity contribution in [3.8, 4) is 0 Å². The first-order valence-electron chi connectivity index (χ1n) is 9.44. The number of hydrogen-bond donors (Lipinski definition) is 1. The molecule has 0 atom stereocenters. The van der Waals surface area contributed by atoms with E-state index in [2.05, 4.69) is 15.2 Å². The summed E-state index contributed by atoms with van der Waals surface area (Å²) in [6.45, 7) is 2.69. The first-order valence-corrected chi connectivity index (χ1v) is 9.81. The molecule has 2 heterocycles. The van der Waals surface area contributed by atoms with Crippen LogP contribution in [0.1, 0.15) is 10.4 Å². The van der Waals surface area contributed by atoms with E-state index in [4.69, 9.17) is 11.6 Å². The molecule has 148 valence electrons. The lowest BCUT2D eigenvalue weighted by molar-refractivity contribution is -0.364. The van der Waals surface area contributed by atoms with Crippen molar-refractivity contribution in [1.29, 1.82) is 0 Å². The van der Waals surface area contributed by atoms with Gasteiger partial charge in [-0.3, -0.25) is 9.69 Å². The number of carbonyl (C=O) groups excluding carboxylic acids is 1. The van der Waals surface area contributed by atoms with Crippen molar-refractivity contribution in [3.63, 3.8) is 0 Å². The predicted molar refractivity (Wildman–Crippen MR) is 113 cm³/mol. The van der Waals surface area contributed by atoms with E-state index in [9.17, 15) is 9.18 Å². The molecule has 0 saturated carbocycles. The van der Waals surface area contributed by atoms with Crippen molar-refractivity contribution < 1.29 is 14.2 Å². The van der Waals surface area contributed by atoms with Crippen LogP contribution in [-0.4, -0.2) is 32.1 Å². The van der Waals surface area contributed by atoms with Gasteiger partial charge >= 0.3 is 0 Å². The molecule has 2 N–H and O–H groups in total. The number of aromatic nitrogens is 1. The Morgan fingerprint density at radius 3 is 2.34 bits per heavy atom.